The number of ketones is 1. The van der Waals surface area contributed by atoms with Crippen molar-refractivity contribution in [3.63, 3.8) is 0 Å². The van der Waals surface area contributed by atoms with Crippen LogP contribution >= 0.6 is 0 Å². The molecular formula is C32H38F2O5. The van der Waals surface area contributed by atoms with Gasteiger partial charge in [0.25, 0.3) is 0 Å². The summed E-state index contributed by atoms with van der Waals surface area (Å²) in [6.45, 7) is 6.42. The Labute approximate surface area is 228 Å². The monoisotopic (exact) mass is 540 g/mol. The minimum atomic E-state index is -3.67. The topological polar surface area (TPSA) is 76.0 Å². The molecule has 5 nitrogen and oxygen atoms in total. The van der Waals surface area contributed by atoms with E-state index in [4.69, 9.17) is 0 Å². The van der Waals surface area contributed by atoms with Gasteiger partial charge in [0.15, 0.2) is 11.5 Å². The number of ether oxygens (including phenoxy) is 2. The fourth-order valence-electron chi connectivity index (χ4n) is 6.05. The number of carbonyl (C=O) groups excluding carboxylic acids is 1. The number of halogens is 2. The minimum Gasteiger partial charge on any atom is -0.395 e. The van der Waals surface area contributed by atoms with E-state index in [0.717, 1.165) is 30.4 Å². The van der Waals surface area contributed by atoms with Crippen LogP contribution in [0, 0.1) is 5.41 Å². The molecule has 3 aliphatic rings. The van der Waals surface area contributed by atoms with Gasteiger partial charge < -0.3 is 19.7 Å². The van der Waals surface area contributed by atoms with Crippen LogP contribution in [0.25, 0.3) is 6.08 Å². The van der Waals surface area contributed by atoms with Crippen molar-refractivity contribution in [1.82, 2.24) is 0 Å². The maximum absolute atomic E-state index is 13.4. The van der Waals surface area contributed by atoms with E-state index in [2.05, 4.69) is 54.5 Å². The fourth-order valence-corrected chi connectivity index (χ4v) is 6.05. The Morgan fingerprint density at radius 2 is 1.85 bits per heavy atom. The molecule has 1 unspecified atom stereocenters. The molecule has 2 aromatic rings. The van der Waals surface area contributed by atoms with Crippen LogP contribution in [-0.2, 0) is 16.6 Å². The van der Waals surface area contributed by atoms with Crippen LogP contribution in [0.2, 0.25) is 0 Å². The molecule has 1 aliphatic heterocycles. The number of benzene rings is 2. The number of fused-ring (bicyclic) bond motifs is 2. The van der Waals surface area contributed by atoms with Gasteiger partial charge in [0.1, 0.15) is 5.78 Å². The Bertz CT molecular complexity index is 1270. The Morgan fingerprint density at radius 3 is 2.54 bits per heavy atom. The predicted octanol–water partition coefficient (Wildman–Crippen LogP) is 6.68. The largest absolute Gasteiger partial charge is 0.586 e. The molecule has 0 spiro atoms. The molecule has 0 radical (unpaired) electrons. The summed E-state index contributed by atoms with van der Waals surface area (Å²) in [6, 6.07) is 11.2. The summed E-state index contributed by atoms with van der Waals surface area (Å²) < 4.78 is 36.0. The molecule has 2 atom stereocenters. The fraction of sp³-hybridized carbons (Fsp3) is 0.531. The highest BCUT2D eigenvalue weighted by Crippen LogP contribution is 2.53. The van der Waals surface area contributed by atoms with Crippen LogP contribution in [0.3, 0.4) is 0 Å². The lowest BCUT2D eigenvalue weighted by Gasteiger charge is -2.23. The van der Waals surface area contributed by atoms with Crippen LogP contribution < -0.4 is 9.47 Å². The molecule has 7 heteroatoms. The van der Waals surface area contributed by atoms with E-state index in [0.29, 0.717) is 37.7 Å². The molecule has 1 heterocycles. The summed E-state index contributed by atoms with van der Waals surface area (Å²) in [7, 11) is 0. The lowest BCUT2D eigenvalue weighted by molar-refractivity contribution is -0.286. The number of hydrogen-bond acceptors (Lipinski definition) is 5. The van der Waals surface area contributed by atoms with Gasteiger partial charge in [-0.1, -0.05) is 56.7 Å². The first-order valence-corrected chi connectivity index (χ1v) is 14.0. The highest BCUT2D eigenvalue weighted by atomic mass is 19.3. The predicted molar refractivity (Wildman–Crippen MR) is 145 cm³/mol. The number of Topliss-reactive ketones (excluding diaryl/α,β-unsaturated/α-hetero) is 1. The van der Waals surface area contributed by atoms with E-state index in [1.54, 1.807) is 6.07 Å². The van der Waals surface area contributed by atoms with Crippen molar-refractivity contribution >= 4 is 11.9 Å². The molecule has 0 aromatic heterocycles. The highest BCUT2D eigenvalue weighted by Gasteiger charge is 2.51. The maximum atomic E-state index is 13.4. The van der Waals surface area contributed by atoms with Crippen LogP contribution in [0.5, 0.6) is 11.5 Å². The van der Waals surface area contributed by atoms with Crippen molar-refractivity contribution in [2.75, 3.05) is 6.61 Å². The Morgan fingerprint density at radius 1 is 1.10 bits per heavy atom. The molecule has 2 N–H and O–H groups in total. The number of aliphatic hydroxyl groups excluding tert-OH is 2. The van der Waals surface area contributed by atoms with Crippen LogP contribution in [0.15, 0.2) is 42.0 Å². The van der Waals surface area contributed by atoms with E-state index < -0.39 is 17.8 Å². The van der Waals surface area contributed by atoms with Crippen molar-refractivity contribution in [1.29, 1.82) is 0 Å². The zero-order chi connectivity index (χ0) is 28.0. The van der Waals surface area contributed by atoms with E-state index in [9.17, 15) is 23.8 Å². The lowest BCUT2D eigenvalue weighted by Crippen LogP contribution is -2.26. The van der Waals surface area contributed by atoms with Gasteiger partial charge in [-0.15, -0.1) is 8.78 Å². The normalized spacial score (nSPS) is 21.5. The lowest BCUT2D eigenvalue weighted by atomic mass is 9.82. The third kappa shape index (κ3) is 5.90. The number of aryl methyl sites for hydroxylation is 1. The van der Waals surface area contributed by atoms with Crippen LogP contribution in [-0.4, -0.2) is 35.0 Å². The molecule has 39 heavy (non-hydrogen) atoms. The second-order valence-electron chi connectivity index (χ2n) is 12.4. The minimum absolute atomic E-state index is 0.00742. The smallest absolute Gasteiger partial charge is 0.395 e. The molecule has 0 bridgehead atoms. The molecule has 0 saturated heterocycles. The number of alkyl halides is 2. The quantitative estimate of drug-likeness (QED) is 0.371. The van der Waals surface area contributed by atoms with Crippen molar-refractivity contribution in [2.45, 2.75) is 95.9 Å². The average Bonchev–Trinajstić information content (AvgIpc) is 3.64. The van der Waals surface area contributed by atoms with Crippen LogP contribution in [0.4, 0.5) is 8.78 Å². The molecule has 0 amide bonds. The Balaban J connectivity index is 1.27. The number of allylic oxidation sites excluding steroid dienone is 1. The van der Waals surface area contributed by atoms with Gasteiger partial charge in [-0.2, -0.15) is 0 Å². The van der Waals surface area contributed by atoms with Gasteiger partial charge in [-0.05, 0) is 90.7 Å². The molecule has 210 valence electrons. The highest BCUT2D eigenvalue weighted by molar-refractivity contribution is 5.93. The Kier molecular flexibility index (Phi) is 7.36. The summed E-state index contributed by atoms with van der Waals surface area (Å²) in [6.07, 6.45) is 3.58. The zero-order valence-electron chi connectivity index (χ0n) is 22.9. The van der Waals surface area contributed by atoms with E-state index in [-0.39, 0.29) is 35.2 Å². The molecule has 5 rings (SSSR count). The second kappa shape index (κ2) is 10.3. The summed E-state index contributed by atoms with van der Waals surface area (Å²) in [5.74, 6) is 0.280. The van der Waals surface area contributed by atoms with Crippen molar-refractivity contribution in [3.05, 3.63) is 64.2 Å². The maximum Gasteiger partial charge on any atom is 0.586 e. The molecule has 2 aliphatic carbocycles. The summed E-state index contributed by atoms with van der Waals surface area (Å²) in [5.41, 5.74) is 5.02. The van der Waals surface area contributed by atoms with Gasteiger partial charge in [0, 0.05) is 6.42 Å². The average molecular weight is 541 g/mol. The number of aliphatic hydroxyl groups is 2. The SMILES string of the molecule is CC(C)(C)C1=Cc2cc(CCCC(=O)C3(c4ccc5c(c4)OC(F)(F)O5)CC3)ccc2C(C[C@@H](O)CO)CC1. The summed E-state index contributed by atoms with van der Waals surface area (Å²) >= 11 is 0. The van der Waals surface area contributed by atoms with Gasteiger partial charge in [-0.25, -0.2) is 0 Å². The number of carbonyl (C=O) groups is 1. The first kappa shape index (κ1) is 27.8. The van der Waals surface area contributed by atoms with Gasteiger partial charge >= 0.3 is 6.29 Å². The molecular weight excluding hydrogens is 502 g/mol. The van der Waals surface area contributed by atoms with Crippen molar-refractivity contribution in [3.8, 4) is 11.5 Å². The standard InChI is InChI=1S/C32H38F2O5/c1-30(2,3)23-9-8-21(17-25(36)19-35)26-11-7-20(15-22(26)16-23)5-4-6-29(37)31(13-14-31)24-10-12-27-28(18-24)39-32(33,34)38-27/h7,10-12,15-16,18,21,25,35-36H,4-6,8-9,13-14,17,19H2,1-3H3/t21?,25-/m1/s1. The zero-order valence-corrected chi connectivity index (χ0v) is 22.9. The summed E-state index contributed by atoms with van der Waals surface area (Å²) in [5, 5.41) is 19.6. The van der Waals surface area contributed by atoms with E-state index in [1.165, 1.54) is 23.3 Å². The van der Waals surface area contributed by atoms with Crippen LogP contribution in [0.1, 0.15) is 93.9 Å². The van der Waals surface area contributed by atoms with E-state index >= 15 is 0 Å². The van der Waals surface area contributed by atoms with Crippen molar-refractivity contribution in [2.24, 2.45) is 5.41 Å². The third-order valence-electron chi connectivity index (χ3n) is 8.52. The van der Waals surface area contributed by atoms with Gasteiger partial charge in [0.05, 0.1) is 18.1 Å². The molecule has 1 saturated carbocycles. The number of hydrogen-bond donors (Lipinski definition) is 2. The van der Waals surface area contributed by atoms with Gasteiger partial charge in [-0.3, -0.25) is 4.79 Å². The Hall–Kier alpha value is -2.77. The molecule has 2 aromatic carbocycles. The van der Waals surface area contributed by atoms with Gasteiger partial charge in [0.2, 0.25) is 0 Å². The summed E-state index contributed by atoms with van der Waals surface area (Å²) in [4.78, 5) is 13.3. The van der Waals surface area contributed by atoms with Crippen molar-refractivity contribution < 1.29 is 33.3 Å². The molecule has 1 fully saturated rings. The number of rotatable bonds is 9. The van der Waals surface area contributed by atoms with E-state index in [1.807, 2.05) is 0 Å². The third-order valence-corrected chi connectivity index (χ3v) is 8.52. The second-order valence-corrected chi connectivity index (χ2v) is 12.4. The first-order chi connectivity index (χ1) is 18.4. The first-order valence-electron chi connectivity index (χ1n) is 14.0.